The Balaban J connectivity index is 1.79. The summed E-state index contributed by atoms with van der Waals surface area (Å²) >= 11 is 0. The molecule has 12 heteroatoms. The minimum absolute atomic E-state index is 0.0213. The van der Waals surface area contributed by atoms with Gasteiger partial charge in [0.25, 0.3) is 11.8 Å². The summed E-state index contributed by atoms with van der Waals surface area (Å²) in [5.74, 6) is -2.73. The van der Waals surface area contributed by atoms with Gasteiger partial charge >= 0.3 is 7.12 Å². The number of benzene rings is 2. The highest BCUT2D eigenvalue weighted by atomic mass is 16.4. The molecule has 0 saturated heterocycles. The van der Waals surface area contributed by atoms with E-state index in [-0.39, 0.29) is 24.1 Å². The standard InChI is InChI=1S/C31H35BN6O5/c1-31(2,3)38-28(39)24(19-33)17-23-11-7-10-22(16-23)12-13-25(36-30(41)26-20-34-14-15-35-26)29(40)37-27(32(42)43)18-21-8-5-4-6-9-21/h4-11,14-17,20,25,27,42-43H,12-13,18H2,1-3H3,(H,36,41)(H,37,40)(H,38,39)/t25-,27-/m0/s1. The summed E-state index contributed by atoms with van der Waals surface area (Å²) in [5.41, 5.74) is 1.66. The predicted octanol–water partition coefficient (Wildman–Crippen LogP) is 1.77. The minimum Gasteiger partial charge on any atom is -0.426 e. The zero-order valence-electron chi connectivity index (χ0n) is 24.3. The first-order valence-corrected chi connectivity index (χ1v) is 13.8. The van der Waals surface area contributed by atoms with E-state index in [1.54, 1.807) is 30.3 Å². The highest BCUT2D eigenvalue weighted by Crippen LogP contribution is 2.14. The molecule has 0 saturated carbocycles. The molecule has 3 amide bonds. The lowest BCUT2D eigenvalue weighted by molar-refractivity contribution is -0.123. The first-order valence-electron chi connectivity index (χ1n) is 13.8. The maximum atomic E-state index is 13.4. The topological polar surface area (TPSA) is 177 Å². The Morgan fingerprint density at radius 2 is 1.74 bits per heavy atom. The van der Waals surface area contributed by atoms with Gasteiger partial charge in [0, 0.05) is 17.9 Å². The van der Waals surface area contributed by atoms with Gasteiger partial charge in [0.1, 0.15) is 23.4 Å². The van der Waals surface area contributed by atoms with Crippen LogP contribution in [0.15, 0.2) is 78.8 Å². The Labute approximate surface area is 251 Å². The van der Waals surface area contributed by atoms with Crippen molar-refractivity contribution in [3.63, 3.8) is 0 Å². The number of hydrogen-bond donors (Lipinski definition) is 5. The van der Waals surface area contributed by atoms with Gasteiger partial charge in [-0.3, -0.25) is 19.4 Å². The van der Waals surface area contributed by atoms with Gasteiger partial charge in [-0.2, -0.15) is 5.26 Å². The van der Waals surface area contributed by atoms with Gasteiger partial charge in [-0.1, -0.05) is 54.6 Å². The maximum Gasteiger partial charge on any atom is 0.475 e. The van der Waals surface area contributed by atoms with Gasteiger partial charge in [-0.05, 0) is 62.8 Å². The van der Waals surface area contributed by atoms with Crippen molar-refractivity contribution in [2.75, 3.05) is 0 Å². The number of carbonyl (C=O) groups is 3. The molecule has 2 atom stereocenters. The summed E-state index contributed by atoms with van der Waals surface area (Å²) in [5, 5.41) is 37.6. The SMILES string of the molecule is CC(C)(C)NC(=O)C(C#N)=Cc1cccc(CC[C@H](NC(=O)c2cnccn2)C(=O)N[C@@H](Cc2ccccc2)B(O)O)c1. The summed E-state index contributed by atoms with van der Waals surface area (Å²) in [6, 6.07) is 17.1. The third-order valence-electron chi connectivity index (χ3n) is 6.24. The lowest BCUT2D eigenvalue weighted by Gasteiger charge is -2.23. The van der Waals surface area contributed by atoms with Gasteiger partial charge in [0.05, 0.1) is 12.1 Å². The number of nitriles is 1. The highest BCUT2D eigenvalue weighted by Gasteiger charge is 2.30. The number of aromatic nitrogens is 2. The Bertz CT molecular complexity index is 1470. The van der Waals surface area contributed by atoms with E-state index in [0.29, 0.717) is 12.0 Å². The first-order chi connectivity index (χ1) is 20.4. The summed E-state index contributed by atoms with van der Waals surface area (Å²) in [4.78, 5) is 46.7. The largest absolute Gasteiger partial charge is 0.475 e. The Kier molecular flexibility index (Phi) is 11.7. The second-order valence-corrected chi connectivity index (χ2v) is 11.0. The van der Waals surface area contributed by atoms with Crippen molar-refractivity contribution in [2.24, 2.45) is 0 Å². The molecule has 0 aliphatic carbocycles. The van der Waals surface area contributed by atoms with Crippen LogP contribution in [0.5, 0.6) is 0 Å². The number of amides is 3. The molecular formula is C31H35BN6O5. The molecule has 3 aromatic rings. The minimum atomic E-state index is -1.84. The quantitative estimate of drug-likeness (QED) is 0.122. The van der Waals surface area contributed by atoms with Crippen LogP contribution in [-0.4, -0.2) is 62.4 Å². The van der Waals surface area contributed by atoms with Crippen molar-refractivity contribution < 1.29 is 24.4 Å². The average Bonchev–Trinajstić information content (AvgIpc) is 2.97. The molecule has 43 heavy (non-hydrogen) atoms. The number of nitrogens with one attached hydrogen (secondary N) is 3. The van der Waals surface area contributed by atoms with Gasteiger partial charge in [0.2, 0.25) is 5.91 Å². The van der Waals surface area contributed by atoms with Gasteiger partial charge in [-0.25, -0.2) is 4.98 Å². The molecule has 5 N–H and O–H groups in total. The maximum absolute atomic E-state index is 13.4. The Morgan fingerprint density at radius 1 is 1.02 bits per heavy atom. The molecular weight excluding hydrogens is 547 g/mol. The molecule has 2 aromatic carbocycles. The molecule has 3 rings (SSSR count). The molecule has 222 valence electrons. The number of nitrogens with zero attached hydrogens (tertiary/aromatic N) is 3. The fraction of sp³-hybridized carbons (Fsp3) is 0.290. The molecule has 1 aromatic heterocycles. The monoisotopic (exact) mass is 582 g/mol. The number of aryl methyl sites for hydroxylation is 1. The van der Waals surface area contributed by atoms with Crippen LogP contribution in [0.1, 0.15) is 54.4 Å². The van der Waals surface area contributed by atoms with E-state index < -0.39 is 42.4 Å². The van der Waals surface area contributed by atoms with Crippen LogP contribution in [0.3, 0.4) is 0 Å². The fourth-order valence-corrected chi connectivity index (χ4v) is 4.17. The molecule has 0 radical (unpaired) electrons. The van der Waals surface area contributed by atoms with E-state index in [2.05, 4.69) is 25.9 Å². The van der Waals surface area contributed by atoms with E-state index in [0.717, 1.165) is 11.1 Å². The average molecular weight is 582 g/mol. The normalized spacial score (nSPS) is 12.8. The fourth-order valence-electron chi connectivity index (χ4n) is 4.17. The Hall–Kier alpha value is -4.86. The zero-order chi connectivity index (χ0) is 31.4. The summed E-state index contributed by atoms with van der Waals surface area (Å²) < 4.78 is 0. The third kappa shape index (κ3) is 10.8. The van der Waals surface area contributed by atoms with Crippen molar-refractivity contribution in [1.29, 1.82) is 5.26 Å². The van der Waals surface area contributed by atoms with Crippen molar-refractivity contribution in [2.45, 2.75) is 57.6 Å². The van der Waals surface area contributed by atoms with E-state index in [9.17, 15) is 29.7 Å². The van der Waals surface area contributed by atoms with E-state index in [1.807, 2.05) is 51.1 Å². The van der Waals surface area contributed by atoms with Crippen LogP contribution in [0.2, 0.25) is 0 Å². The number of hydrogen-bond acceptors (Lipinski definition) is 8. The second-order valence-electron chi connectivity index (χ2n) is 11.0. The smallest absolute Gasteiger partial charge is 0.426 e. The summed E-state index contributed by atoms with van der Waals surface area (Å²) in [6.07, 6.45) is 6.19. The van der Waals surface area contributed by atoms with Crippen LogP contribution in [0.4, 0.5) is 0 Å². The lowest BCUT2D eigenvalue weighted by Crippen LogP contribution is -2.54. The lowest BCUT2D eigenvalue weighted by atomic mass is 9.75. The van der Waals surface area contributed by atoms with Crippen molar-refractivity contribution in [3.8, 4) is 6.07 Å². The second kappa shape index (κ2) is 15.4. The number of carbonyl (C=O) groups excluding carboxylic acids is 3. The highest BCUT2D eigenvalue weighted by molar-refractivity contribution is 6.43. The van der Waals surface area contributed by atoms with E-state index in [1.165, 1.54) is 24.7 Å². The zero-order valence-corrected chi connectivity index (χ0v) is 24.3. The molecule has 11 nitrogen and oxygen atoms in total. The Morgan fingerprint density at radius 3 is 2.37 bits per heavy atom. The van der Waals surface area contributed by atoms with Crippen LogP contribution in [0.25, 0.3) is 6.08 Å². The van der Waals surface area contributed by atoms with Crippen molar-refractivity contribution in [3.05, 3.63) is 101 Å². The molecule has 0 spiro atoms. The van der Waals surface area contributed by atoms with Gasteiger partial charge in [0.15, 0.2) is 0 Å². The molecule has 1 heterocycles. The van der Waals surface area contributed by atoms with Crippen molar-refractivity contribution in [1.82, 2.24) is 25.9 Å². The summed E-state index contributed by atoms with van der Waals surface area (Å²) in [7, 11) is -1.84. The van der Waals surface area contributed by atoms with Crippen LogP contribution in [-0.2, 0) is 22.4 Å². The van der Waals surface area contributed by atoms with Gasteiger partial charge in [-0.15, -0.1) is 0 Å². The predicted molar refractivity (Wildman–Crippen MR) is 162 cm³/mol. The first kappa shape index (κ1) is 32.7. The van der Waals surface area contributed by atoms with Gasteiger partial charge < -0.3 is 26.0 Å². The van der Waals surface area contributed by atoms with Crippen molar-refractivity contribution >= 4 is 30.9 Å². The van der Waals surface area contributed by atoms with E-state index >= 15 is 0 Å². The molecule has 0 unspecified atom stereocenters. The molecule has 0 aliphatic rings. The van der Waals surface area contributed by atoms with E-state index in [4.69, 9.17) is 0 Å². The third-order valence-corrected chi connectivity index (χ3v) is 6.24. The van der Waals surface area contributed by atoms with Crippen LogP contribution >= 0.6 is 0 Å². The molecule has 0 aliphatic heterocycles. The van der Waals surface area contributed by atoms with Crippen LogP contribution < -0.4 is 16.0 Å². The molecule has 0 fully saturated rings. The number of rotatable bonds is 12. The van der Waals surface area contributed by atoms with Crippen LogP contribution in [0, 0.1) is 11.3 Å². The summed E-state index contributed by atoms with van der Waals surface area (Å²) in [6.45, 7) is 5.46. The molecule has 0 bridgehead atoms.